The highest BCUT2D eigenvalue weighted by Gasteiger charge is 2.33. The van der Waals surface area contributed by atoms with Crippen molar-refractivity contribution in [2.75, 3.05) is 18.1 Å². The lowest BCUT2D eigenvalue weighted by Crippen LogP contribution is -2.23. The van der Waals surface area contributed by atoms with Crippen LogP contribution in [-0.2, 0) is 15.6 Å². The fourth-order valence-electron chi connectivity index (χ4n) is 2.16. The summed E-state index contributed by atoms with van der Waals surface area (Å²) in [4.78, 5) is 12.7. The molecule has 0 spiro atoms. The van der Waals surface area contributed by atoms with Gasteiger partial charge in [0.1, 0.15) is 17.1 Å². The molecule has 2 rings (SSSR count). The summed E-state index contributed by atoms with van der Waals surface area (Å²) in [6.07, 6.45) is -1.09. The van der Waals surface area contributed by atoms with Crippen LogP contribution in [-0.4, -0.2) is 30.3 Å². The van der Waals surface area contributed by atoms with E-state index in [0.29, 0.717) is 0 Å². The normalized spacial score (nSPS) is 16.9. The summed E-state index contributed by atoms with van der Waals surface area (Å²) in [6.45, 7) is -1.53. The van der Waals surface area contributed by atoms with Crippen LogP contribution in [0.2, 0.25) is 0 Å². The van der Waals surface area contributed by atoms with Crippen LogP contribution in [0.15, 0.2) is 29.2 Å². The third-order valence-electron chi connectivity index (χ3n) is 3.07. The summed E-state index contributed by atoms with van der Waals surface area (Å²) in [6, 6.07) is 6.85. The van der Waals surface area contributed by atoms with E-state index in [-0.39, 0.29) is 16.5 Å². The Hall–Kier alpha value is -1.17. The van der Waals surface area contributed by atoms with Crippen LogP contribution >= 0.6 is 0 Å². The third kappa shape index (κ3) is 4.16. The Morgan fingerprint density at radius 1 is 1.15 bits per heavy atom. The average molecular weight is 305 g/mol. The van der Waals surface area contributed by atoms with Gasteiger partial charge >= 0.3 is 12.1 Å². The van der Waals surface area contributed by atoms with Gasteiger partial charge in [0.15, 0.2) is 11.5 Å². The van der Waals surface area contributed by atoms with E-state index in [2.05, 4.69) is 4.74 Å². The van der Waals surface area contributed by atoms with Crippen LogP contribution < -0.4 is 0 Å². The van der Waals surface area contributed by atoms with E-state index in [0.717, 1.165) is 29.2 Å². The van der Waals surface area contributed by atoms with Crippen LogP contribution in [0.4, 0.5) is 13.2 Å². The summed E-state index contributed by atoms with van der Waals surface area (Å²) in [5, 5.41) is 0. The molecule has 0 atom stereocenters. The van der Waals surface area contributed by atoms with E-state index >= 15 is 0 Å². The SMILES string of the molecule is O=C(OCC(F)(F)F)c1ccccc1[S+]1CCCCC1. The van der Waals surface area contributed by atoms with E-state index in [4.69, 9.17) is 0 Å². The van der Waals surface area contributed by atoms with Crippen molar-refractivity contribution >= 4 is 16.9 Å². The first kappa shape index (κ1) is 15.2. The highest BCUT2D eigenvalue weighted by atomic mass is 32.2. The zero-order valence-corrected chi connectivity index (χ0v) is 11.7. The van der Waals surface area contributed by atoms with Gasteiger partial charge in [-0.05, 0) is 31.4 Å². The molecule has 1 aromatic carbocycles. The molecule has 1 aliphatic rings. The van der Waals surface area contributed by atoms with Crippen LogP contribution in [0.25, 0.3) is 0 Å². The first-order valence-electron chi connectivity index (χ1n) is 6.48. The Morgan fingerprint density at radius 3 is 2.45 bits per heavy atom. The molecule has 6 heteroatoms. The molecule has 0 saturated carbocycles. The molecular formula is C14H16F3O2S+. The Kier molecular flexibility index (Phi) is 4.96. The molecule has 2 nitrogen and oxygen atoms in total. The van der Waals surface area contributed by atoms with Gasteiger partial charge in [0, 0.05) is 10.9 Å². The lowest BCUT2D eigenvalue weighted by Gasteiger charge is -2.15. The number of carbonyl (C=O) groups excluding carboxylic acids is 1. The van der Waals surface area contributed by atoms with Crippen LogP contribution in [0.3, 0.4) is 0 Å². The quantitative estimate of drug-likeness (QED) is 0.630. The van der Waals surface area contributed by atoms with Gasteiger partial charge in [0.2, 0.25) is 0 Å². The fraction of sp³-hybridized carbons (Fsp3) is 0.500. The topological polar surface area (TPSA) is 26.3 Å². The van der Waals surface area contributed by atoms with Gasteiger partial charge in [0.05, 0.1) is 0 Å². The number of hydrogen-bond acceptors (Lipinski definition) is 2. The Balaban J connectivity index is 2.12. The maximum atomic E-state index is 12.1. The van der Waals surface area contributed by atoms with Crippen molar-refractivity contribution in [2.45, 2.75) is 30.3 Å². The van der Waals surface area contributed by atoms with Crippen LogP contribution in [0.5, 0.6) is 0 Å². The van der Waals surface area contributed by atoms with E-state index in [1.54, 1.807) is 12.1 Å². The molecular weight excluding hydrogens is 289 g/mol. The molecule has 1 saturated heterocycles. The standard InChI is InChI=1S/C14H16F3O2S/c15-14(16,17)10-19-13(18)11-6-2-3-7-12(11)20-8-4-1-5-9-20/h2-3,6-7H,1,4-5,8-10H2/q+1. The molecule has 0 unspecified atom stereocenters. The number of esters is 1. The minimum Gasteiger partial charge on any atom is -0.452 e. The molecule has 0 aromatic heterocycles. The smallest absolute Gasteiger partial charge is 0.422 e. The minimum atomic E-state index is -4.49. The summed E-state index contributed by atoms with van der Waals surface area (Å²) < 4.78 is 40.7. The first-order chi connectivity index (χ1) is 9.47. The fourth-order valence-corrected chi connectivity index (χ4v) is 4.65. The van der Waals surface area contributed by atoms with Gasteiger partial charge in [-0.3, -0.25) is 0 Å². The Morgan fingerprint density at radius 2 is 1.80 bits per heavy atom. The molecule has 0 bridgehead atoms. The van der Waals surface area contributed by atoms with E-state index < -0.39 is 18.8 Å². The molecule has 1 fully saturated rings. The van der Waals surface area contributed by atoms with Gasteiger partial charge in [-0.2, -0.15) is 13.2 Å². The number of ether oxygens (including phenoxy) is 1. The van der Waals surface area contributed by atoms with Crippen molar-refractivity contribution in [1.29, 1.82) is 0 Å². The van der Waals surface area contributed by atoms with Gasteiger partial charge in [0.25, 0.3) is 0 Å². The van der Waals surface area contributed by atoms with Gasteiger partial charge in [-0.25, -0.2) is 4.79 Å². The van der Waals surface area contributed by atoms with Gasteiger partial charge in [-0.15, -0.1) is 0 Å². The molecule has 1 heterocycles. The van der Waals surface area contributed by atoms with Gasteiger partial charge < -0.3 is 4.74 Å². The van der Waals surface area contributed by atoms with Crippen molar-refractivity contribution < 1.29 is 22.7 Å². The molecule has 1 aliphatic heterocycles. The number of halogens is 3. The zero-order chi connectivity index (χ0) is 14.6. The van der Waals surface area contributed by atoms with Crippen molar-refractivity contribution in [3.05, 3.63) is 29.8 Å². The maximum absolute atomic E-state index is 12.1. The highest BCUT2D eigenvalue weighted by Crippen LogP contribution is 2.26. The van der Waals surface area contributed by atoms with Crippen molar-refractivity contribution in [3.63, 3.8) is 0 Å². The summed E-state index contributed by atoms with van der Waals surface area (Å²) >= 11 is 0. The second-order valence-electron chi connectivity index (χ2n) is 4.65. The Bertz CT molecular complexity index is 468. The number of alkyl halides is 3. The predicted molar refractivity (Wildman–Crippen MR) is 72.0 cm³/mol. The van der Waals surface area contributed by atoms with E-state index in [9.17, 15) is 18.0 Å². The second-order valence-corrected chi connectivity index (χ2v) is 6.89. The number of carbonyl (C=O) groups is 1. The van der Waals surface area contributed by atoms with Crippen molar-refractivity contribution in [2.24, 2.45) is 0 Å². The van der Waals surface area contributed by atoms with E-state index in [1.807, 2.05) is 12.1 Å². The Labute approximate surface area is 118 Å². The average Bonchev–Trinajstić information content (AvgIpc) is 2.45. The molecule has 0 radical (unpaired) electrons. The molecule has 110 valence electrons. The summed E-state index contributed by atoms with van der Waals surface area (Å²) in [7, 11) is -0.0470. The molecule has 0 aliphatic carbocycles. The number of hydrogen-bond donors (Lipinski definition) is 0. The second kappa shape index (κ2) is 6.52. The largest absolute Gasteiger partial charge is 0.452 e. The van der Waals surface area contributed by atoms with Crippen molar-refractivity contribution in [3.8, 4) is 0 Å². The summed E-state index contributed by atoms with van der Waals surface area (Å²) in [5.74, 6) is 1.13. The van der Waals surface area contributed by atoms with Crippen molar-refractivity contribution in [1.82, 2.24) is 0 Å². The first-order valence-corrected chi connectivity index (χ1v) is 8.04. The highest BCUT2D eigenvalue weighted by molar-refractivity contribution is 7.97. The summed E-state index contributed by atoms with van der Waals surface area (Å²) in [5.41, 5.74) is 0.280. The zero-order valence-electron chi connectivity index (χ0n) is 10.9. The number of benzene rings is 1. The maximum Gasteiger partial charge on any atom is 0.422 e. The van der Waals surface area contributed by atoms with Crippen LogP contribution in [0, 0.1) is 0 Å². The van der Waals surface area contributed by atoms with Crippen LogP contribution in [0.1, 0.15) is 29.6 Å². The molecule has 0 amide bonds. The minimum absolute atomic E-state index is 0.0470. The molecule has 1 aromatic rings. The van der Waals surface area contributed by atoms with Gasteiger partial charge in [-0.1, -0.05) is 12.1 Å². The predicted octanol–water partition coefficient (Wildman–Crippen LogP) is 3.57. The monoisotopic (exact) mass is 305 g/mol. The number of rotatable bonds is 3. The van der Waals surface area contributed by atoms with E-state index in [1.165, 1.54) is 6.42 Å². The molecule has 20 heavy (non-hydrogen) atoms. The third-order valence-corrected chi connectivity index (χ3v) is 5.61. The lowest BCUT2D eigenvalue weighted by molar-refractivity contribution is -0.161. The molecule has 0 N–H and O–H groups in total. The lowest BCUT2D eigenvalue weighted by atomic mass is 10.2.